The standard InChI is InChI=1S/C24H34N4O3/c1-2-31-23(30)27-12-7-18(8-13-27)16-26-14-9-24(10-15-26)17-28(22(29)19-5-6-19)21-20(24)4-3-11-25-21/h3-4,11,18-19H,2,5-10,12-17H2,1H3. The van der Waals surface area contributed by atoms with Crippen LogP contribution < -0.4 is 4.90 Å². The molecule has 1 spiro atoms. The number of ether oxygens (including phenoxy) is 1. The van der Waals surface area contributed by atoms with E-state index in [1.807, 2.05) is 29.0 Å². The largest absolute Gasteiger partial charge is 0.450 e. The Labute approximate surface area is 184 Å². The smallest absolute Gasteiger partial charge is 0.409 e. The molecule has 0 atom stereocenters. The number of hydrogen-bond donors (Lipinski definition) is 0. The molecule has 3 fully saturated rings. The molecule has 4 heterocycles. The van der Waals surface area contributed by atoms with E-state index in [1.165, 1.54) is 5.56 Å². The second kappa shape index (κ2) is 8.41. The van der Waals surface area contributed by atoms with Crippen LogP contribution in [0.25, 0.3) is 0 Å². The van der Waals surface area contributed by atoms with Crippen LogP contribution in [0, 0.1) is 11.8 Å². The van der Waals surface area contributed by atoms with E-state index >= 15 is 0 Å². The summed E-state index contributed by atoms with van der Waals surface area (Å²) in [5, 5.41) is 0. The lowest BCUT2D eigenvalue weighted by Crippen LogP contribution is -2.48. The Morgan fingerprint density at radius 3 is 2.55 bits per heavy atom. The van der Waals surface area contributed by atoms with Crippen LogP contribution in [0.2, 0.25) is 0 Å². The van der Waals surface area contributed by atoms with Gasteiger partial charge in [0, 0.05) is 49.3 Å². The van der Waals surface area contributed by atoms with Crippen LogP contribution in [0.1, 0.15) is 51.0 Å². The van der Waals surface area contributed by atoms with Crippen LogP contribution in [-0.2, 0) is 14.9 Å². The van der Waals surface area contributed by atoms with Crippen molar-refractivity contribution in [1.29, 1.82) is 0 Å². The highest BCUT2D eigenvalue weighted by Gasteiger charge is 2.49. The summed E-state index contributed by atoms with van der Waals surface area (Å²) in [5.74, 6) is 2.07. The van der Waals surface area contributed by atoms with Gasteiger partial charge in [-0.1, -0.05) is 6.07 Å². The molecule has 168 valence electrons. The van der Waals surface area contributed by atoms with E-state index in [4.69, 9.17) is 4.74 Å². The second-order valence-electron chi connectivity index (χ2n) is 9.78. The molecular formula is C24H34N4O3. The molecule has 0 N–H and O–H groups in total. The van der Waals surface area contributed by atoms with E-state index in [1.54, 1.807) is 0 Å². The van der Waals surface area contributed by atoms with E-state index in [2.05, 4.69) is 16.0 Å². The lowest BCUT2D eigenvalue weighted by molar-refractivity contribution is -0.119. The quantitative estimate of drug-likeness (QED) is 0.740. The molecule has 4 aliphatic rings. The summed E-state index contributed by atoms with van der Waals surface area (Å²) >= 11 is 0. The van der Waals surface area contributed by atoms with Gasteiger partial charge in [-0.25, -0.2) is 9.78 Å². The number of amides is 2. The fourth-order valence-corrected chi connectivity index (χ4v) is 5.69. The molecule has 0 radical (unpaired) electrons. The van der Waals surface area contributed by atoms with Crippen LogP contribution in [-0.4, -0.2) is 72.7 Å². The van der Waals surface area contributed by atoms with Crippen molar-refractivity contribution in [3.63, 3.8) is 0 Å². The van der Waals surface area contributed by atoms with Crippen molar-refractivity contribution in [1.82, 2.24) is 14.8 Å². The Bertz CT molecular complexity index is 824. The molecule has 3 aliphatic heterocycles. The number of rotatable bonds is 4. The fourth-order valence-electron chi connectivity index (χ4n) is 5.69. The van der Waals surface area contributed by atoms with Crippen LogP contribution in [0.15, 0.2) is 18.3 Å². The van der Waals surface area contributed by atoms with Crippen molar-refractivity contribution in [3.8, 4) is 0 Å². The Kier molecular flexibility index (Phi) is 5.63. The summed E-state index contributed by atoms with van der Waals surface area (Å²) in [6, 6.07) is 4.22. The number of likely N-dealkylation sites (tertiary alicyclic amines) is 2. The molecule has 31 heavy (non-hydrogen) atoms. The normalized spacial score (nSPS) is 23.8. The highest BCUT2D eigenvalue weighted by Crippen LogP contribution is 2.47. The van der Waals surface area contributed by atoms with Crippen molar-refractivity contribution in [2.45, 2.75) is 50.9 Å². The Hall–Kier alpha value is -2.15. The maximum absolute atomic E-state index is 12.9. The average Bonchev–Trinajstić information content (AvgIpc) is 3.60. The van der Waals surface area contributed by atoms with E-state index in [-0.39, 0.29) is 23.3 Å². The summed E-state index contributed by atoms with van der Waals surface area (Å²) in [6.07, 6.45) is 8.00. The number of piperidine rings is 2. The molecule has 1 aromatic heterocycles. The third kappa shape index (κ3) is 4.04. The summed E-state index contributed by atoms with van der Waals surface area (Å²) in [4.78, 5) is 35.8. The van der Waals surface area contributed by atoms with Crippen molar-refractivity contribution in [3.05, 3.63) is 23.9 Å². The number of nitrogens with zero attached hydrogens (tertiary/aromatic N) is 4. The lowest BCUT2D eigenvalue weighted by Gasteiger charge is -2.42. The summed E-state index contributed by atoms with van der Waals surface area (Å²) in [5.41, 5.74) is 1.35. The predicted molar refractivity (Wildman–Crippen MR) is 118 cm³/mol. The second-order valence-corrected chi connectivity index (χ2v) is 9.78. The predicted octanol–water partition coefficient (Wildman–Crippen LogP) is 3.04. The first-order valence-electron chi connectivity index (χ1n) is 12.0. The number of anilines is 1. The van der Waals surface area contributed by atoms with Gasteiger partial charge < -0.3 is 14.5 Å². The number of fused-ring (bicyclic) bond motifs is 2. The van der Waals surface area contributed by atoms with E-state index in [0.717, 1.165) is 83.6 Å². The minimum Gasteiger partial charge on any atom is -0.450 e. The molecule has 7 nitrogen and oxygen atoms in total. The lowest BCUT2D eigenvalue weighted by atomic mass is 9.74. The number of aromatic nitrogens is 1. The topological polar surface area (TPSA) is 66.0 Å². The minimum atomic E-state index is -0.167. The monoisotopic (exact) mass is 426 g/mol. The zero-order valence-electron chi connectivity index (χ0n) is 18.6. The molecule has 1 saturated carbocycles. The molecule has 5 rings (SSSR count). The van der Waals surface area contributed by atoms with Crippen LogP contribution >= 0.6 is 0 Å². The molecule has 0 bridgehead atoms. The molecule has 0 unspecified atom stereocenters. The number of carbonyl (C=O) groups excluding carboxylic acids is 2. The summed E-state index contributed by atoms with van der Waals surface area (Å²) in [6.45, 7) is 7.95. The SMILES string of the molecule is CCOC(=O)N1CCC(CN2CCC3(CC2)CN(C(=O)C2CC2)c2ncccc23)CC1. The number of hydrogen-bond acceptors (Lipinski definition) is 5. The van der Waals surface area contributed by atoms with Gasteiger partial charge in [0.15, 0.2) is 0 Å². The first-order valence-corrected chi connectivity index (χ1v) is 12.0. The summed E-state index contributed by atoms with van der Waals surface area (Å²) in [7, 11) is 0. The zero-order chi connectivity index (χ0) is 21.4. The van der Waals surface area contributed by atoms with Crippen LogP contribution in [0.4, 0.5) is 10.6 Å². The maximum atomic E-state index is 12.9. The summed E-state index contributed by atoms with van der Waals surface area (Å²) < 4.78 is 5.14. The van der Waals surface area contributed by atoms with Crippen molar-refractivity contribution >= 4 is 17.8 Å². The third-order valence-corrected chi connectivity index (χ3v) is 7.74. The average molecular weight is 427 g/mol. The first kappa shape index (κ1) is 20.7. The Morgan fingerprint density at radius 2 is 1.87 bits per heavy atom. The molecule has 7 heteroatoms. The first-order chi connectivity index (χ1) is 15.1. The van der Waals surface area contributed by atoms with Gasteiger partial charge in [-0.15, -0.1) is 0 Å². The Morgan fingerprint density at radius 1 is 1.13 bits per heavy atom. The van der Waals surface area contributed by atoms with Crippen LogP contribution in [0.3, 0.4) is 0 Å². The van der Waals surface area contributed by atoms with Gasteiger partial charge in [-0.3, -0.25) is 9.69 Å². The third-order valence-electron chi connectivity index (χ3n) is 7.74. The van der Waals surface area contributed by atoms with Gasteiger partial charge in [0.05, 0.1) is 6.61 Å². The van der Waals surface area contributed by atoms with Crippen molar-refractivity contribution < 1.29 is 14.3 Å². The number of carbonyl (C=O) groups is 2. The van der Waals surface area contributed by atoms with Crippen molar-refractivity contribution in [2.75, 3.05) is 50.8 Å². The highest BCUT2D eigenvalue weighted by atomic mass is 16.6. The van der Waals surface area contributed by atoms with Crippen LogP contribution in [0.5, 0.6) is 0 Å². The number of pyridine rings is 1. The molecular weight excluding hydrogens is 392 g/mol. The van der Waals surface area contributed by atoms with E-state index < -0.39 is 0 Å². The molecule has 2 saturated heterocycles. The van der Waals surface area contributed by atoms with E-state index in [0.29, 0.717) is 12.5 Å². The maximum Gasteiger partial charge on any atom is 0.409 e. The Balaban J connectivity index is 1.17. The van der Waals surface area contributed by atoms with E-state index in [9.17, 15) is 9.59 Å². The van der Waals surface area contributed by atoms with Gasteiger partial charge >= 0.3 is 6.09 Å². The zero-order valence-corrected chi connectivity index (χ0v) is 18.6. The van der Waals surface area contributed by atoms with Gasteiger partial charge in [0.25, 0.3) is 0 Å². The molecule has 2 amide bonds. The van der Waals surface area contributed by atoms with Crippen molar-refractivity contribution in [2.24, 2.45) is 11.8 Å². The fraction of sp³-hybridized carbons (Fsp3) is 0.708. The van der Waals surface area contributed by atoms with Gasteiger partial charge in [0.2, 0.25) is 5.91 Å². The molecule has 0 aromatic carbocycles. The molecule has 1 aromatic rings. The molecule has 1 aliphatic carbocycles. The minimum absolute atomic E-state index is 0.0674. The highest BCUT2D eigenvalue weighted by molar-refractivity contribution is 5.98. The van der Waals surface area contributed by atoms with Gasteiger partial charge in [0.1, 0.15) is 5.82 Å². The van der Waals surface area contributed by atoms with Gasteiger partial charge in [-0.2, -0.15) is 0 Å². The van der Waals surface area contributed by atoms with Gasteiger partial charge in [-0.05, 0) is 70.5 Å².